The lowest BCUT2D eigenvalue weighted by atomic mass is 9.71. The molecule has 4 fully saturated rings. The van der Waals surface area contributed by atoms with Gasteiger partial charge in [-0.3, -0.25) is 9.59 Å². The average molecular weight is 522 g/mol. The number of amides is 2. The molecule has 0 N–H and O–H groups in total. The molecule has 206 valence electrons. The first-order valence-corrected chi connectivity index (χ1v) is 14.8. The highest BCUT2D eigenvalue weighted by Crippen LogP contribution is 2.51. The van der Waals surface area contributed by atoms with Gasteiger partial charge in [0.25, 0.3) is 0 Å². The topological polar surface area (TPSA) is 62.3 Å². The van der Waals surface area contributed by atoms with Crippen LogP contribution in [0, 0.1) is 5.92 Å². The lowest BCUT2D eigenvalue weighted by Gasteiger charge is -2.49. The van der Waals surface area contributed by atoms with E-state index in [0.717, 1.165) is 35.5 Å². The van der Waals surface area contributed by atoms with E-state index >= 15 is 0 Å². The van der Waals surface area contributed by atoms with Crippen LogP contribution in [-0.4, -0.2) is 78.2 Å². The number of nitrogens with zero attached hydrogens (tertiary/aromatic N) is 3. The molecule has 7 nitrogen and oxygen atoms in total. The fraction of sp³-hybridized carbons (Fsp3) is 0.733. The lowest BCUT2D eigenvalue weighted by Crippen LogP contribution is -2.58. The Labute approximate surface area is 228 Å². The van der Waals surface area contributed by atoms with Crippen molar-refractivity contribution in [1.82, 2.24) is 9.80 Å². The molecule has 1 aromatic carbocycles. The molecule has 38 heavy (non-hydrogen) atoms. The van der Waals surface area contributed by atoms with Gasteiger partial charge in [-0.25, -0.2) is 0 Å². The van der Waals surface area contributed by atoms with E-state index in [9.17, 15) is 9.59 Å². The monoisotopic (exact) mass is 521 g/mol. The van der Waals surface area contributed by atoms with Crippen LogP contribution in [0.25, 0.3) is 0 Å². The average Bonchev–Trinajstić information content (AvgIpc) is 3.20. The lowest BCUT2D eigenvalue weighted by molar-refractivity contribution is -0.134. The maximum Gasteiger partial charge on any atom is 0.494 e. The number of fused-ring (bicyclic) bond motifs is 2. The number of anilines is 1. The van der Waals surface area contributed by atoms with Gasteiger partial charge < -0.3 is 24.0 Å². The molecular formula is C30H44BN3O4. The van der Waals surface area contributed by atoms with Crippen LogP contribution in [-0.2, 0) is 24.3 Å². The number of carbonyl (C=O) groups excluding carboxylic acids is 2. The minimum absolute atomic E-state index is 0.0937. The number of hydrogen-bond donors (Lipinski definition) is 0. The molecule has 4 aliphatic heterocycles. The van der Waals surface area contributed by atoms with Crippen LogP contribution in [0.3, 0.4) is 0 Å². The maximum absolute atomic E-state index is 14.4. The minimum Gasteiger partial charge on any atom is -0.399 e. The molecule has 0 atom stereocenters. The summed E-state index contributed by atoms with van der Waals surface area (Å²) in [6, 6.07) is 7.21. The zero-order valence-corrected chi connectivity index (χ0v) is 24.1. The molecule has 0 radical (unpaired) electrons. The quantitative estimate of drug-likeness (QED) is 0.571. The first-order chi connectivity index (χ1) is 17.9. The first-order valence-electron chi connectivity index (χ1n) is 14.8. The summed E-state index contributed by atoms with van der Waals surface area (Å²) in [5.41, 5.74) is 1.76. The number of likely N-dealkylation sites (tertiary alicyclic amines) is 2. The van der Waals surface area contributed by atoms with Gasteiger partial charge in [-0.1, -0.05) is 19.1 Å². The van der Waals surface area contributed by atoms with Gasteiger partial charge in [0.2, 0.25) is 11.8 Å². The van der Waals surface area contributed by atoms with E-state index in [1.807, 2.05) is 4.90 Å². The van der Waals surface area contributed by atoms with Crippen molar-refractivity contribution in [2.45, 2.75) is 109 Å². The largest absolute Gasteiger partial charge is 0.494 e. The number of piperidine rings is 2. The Hall–Kier alpha value is -1.90. The fourth-order valence-electron chi connectivity index (χ4n) is 7.24. The van der Waals surface area contributed by atoms with Crippen molar-refractivity contribution in [3.05, 3.63) is 23.8 Å². The fourth-order valence-corrected chi connectivity index (χ4v) is 7.24. The second-order valence-electron chi connectivity index (χ2n) is 13.6. The standard InChI is InChI=1S/C30H44BN3O4/c1-20-9-13-33(14-10-20)23-18-24(19-23)34-26-17-22(31-37-28(3,4)29(5,6)38-31)7-8-25(26)30(27(34)36)11-15-32(16-12-30)21(2)35/h7-8,17,20,23-24H,9-16,18-19H2,1-6H3/t23-,24+. The summed E-state index contributed by atoms with van der Waals surface area (Å²) < 4.78 is 12.8. The maximum atomic E-state index is 14.4. The summed E-state index contributed by atoms with van der Waals surface area (Å²) >= 11 is 0. The molecule has 1 saturated carbocycles. The minimum atomic E-state index is -0.540. The second-order valence-corrected chi connectivity index (χ2v) is 13.6. The summed E-state index contributed by atoms with van der Waals surface area (Å²) in [4.78, 5) is 33.1. The molecule has 3 saturated heterocycles. The third-order valence-corrected chi connectivity index (χ3v) is 10.8. The Balaban J connectivity index is 1.29. The summed E-state index contributed by atoms with van der Waals surface area (Å²) in [6.07, 6.45) is 6.00. The molecule has 6 rings (SSSR count). The molecule has 1 aliphatic carbocycles. The van der Waals surface area contributed by atoms with Gasteiger partial charge in [-0.15, -0.1) is 0 Å². The Bertz CT molecular complexity index is 1100. The van der Waals surface area contributed by atoms with Crippen molar-refractivity contribution in [3.63, 3.8) is 0 Å². The number of carbonyl (C=O) groups is 2. The van der Waals surface area contributed by atoms with Crippen molar-refractivity contribution in [2.24, 2.45) is 5.92 Å². The van der Waals surface area contributed by atoms with Crippen LogP contribution < -0.4 is 10.4 Å². The van der Waals surface area contributed by atoms with Crippen LogP contribution >= 0.6 is 0 Å². The van der Waals surface area contributed by atoms with Gasteiger partial charge in [-0.05, 0) is 102 Å². The highest BCUT2D eigenvalue weighted by Gasteiger charge is 2.57. The molecule has 0 bridgehead atoms. The van der Waals surface area contributed by atoms with Crippen molar-refractivity contribution in [1.29, 1.82) is 0 Å². The van der Waals surface area contributed by atoms with E-state index in [1.165, 1.54) is 25.9 Å². The molecule has 5 aliphatic rings. The summed E-state index contributed by atoms with van der Waals surface area (Å²) in [6.45, 7) is 15.9. The summed E-state index contributed by atoms with van der Waals surface area (Å²) in [7, 11) is -0.456. The smallest absolute Gasteiger partial charge is 0.399 e. The Morgan fingerprint density at radius 1 is 0.947 bits per heavy atom. The van der Waals surface area contributed by atoms with Crippen molar-refractivity contribution < 1.29 is 18.9 Å². The normalized spacial score (nSPS) is 30.6. The zero-order valence-electron chi connectivity index (χ0n) is 24.1. The second kappa shape index (κ2) is 9.07. The van der Waals surface area contributed by atoms with E-state index in [0.29, 0.717) is 32.0 Å². The molecular weight excluding hydrogens is 477 g/mol. The third kappa shape index (κ3) is 4.05. The molecule has 0 aromatic heterocycles. The first kappa shape index (κ1) is 26.3. The van der Waals surface area contributed by atoms with Crippen LogP contribution in [0.2, 0.25) is 0 Å². The van der Waals surface area contributed by atoms with Crippen LogP contribution in [0.5, 0.6) is 0 Å². The predicted molar refractivity (Wildman–Crippen MR) is 150 cm³/mol. The zero-order chi connectivity index (χ0) is 27.0. The number of benzene rings is 1. The molecule has 2 amide bonds. The Morgan fingerprint density at radius 2 is 1.55 bits per heavy atom. The summed E-state index contributed by atoms with van der Waals surface area (Å²) in [5.74, 6) is 1.15. The van der Waals surface area contributed by atoms with E-state index in [1.54, 1.807) is 6.92 Å². The van der Waals surface area contributed by atoms with E-state index in [4.69, 9.17) is 9.31 Å². The SMILES string of the molecule is CC(=O)N1CCC2(CC1)C(=O)N([C@H]1C[C@@H](N3CCC(C)CC3)C1)c1cc(B3OC(C)(C)C(C)(C)O3)ccc12. The van der Waals surface area contributed by atoms with Gasteiger partial charge in [0, 0.05) is 37.8 Å². The molecule has 1 spiro atoms. The van der Waals surface area contributed by atoms with Crippen LogP contribution in [0.15, 0.2) is 18.2 Å². The molecule has 8 heteroatoms. The number of rotatable bonds is 3. The highest BCUT2D eigenvalue weighted by molar-refractivity contribution is 6.62. The van der Waals surface area contributed by atoms with Gasteiger partial charge >= 0.3 is 7.12 Å². The molecule has 4 heterocycles. The van der Waals surface area contributed by atoms with Crippen molar-refractivity contribution in [2.75, 3.05) is 31.1 Å². The number of hydrogen-bond acceptors (Lipinski definition) is 5. The Kier molecular flexibility index (Phi) is 6.28. The van der Waals surface area contributed by atoms with Gasteiger partial charge in [0.05, 0.1) is 16.6 Å². The van der Waals surface area contributed by atoms with Crippen LogP contribution in [0.1, 0.15) is 85.6 Å². The van der Waals surface area contributed by atoms with Gasteiger partial charge in [0.15, 0.2) is 0 Å². The van der Waals surface area contributed by atoms with Gasteiger partial charge in [-0.2, -0.15) is 0 Å². The third-order valence-electron chi connectivity index (χ3n) is 10.8. The van der Waals surface area contributed by atoms with E-state index in [2.05, 4.69) is 62.6 Å². The van der Waals surface area contributed by atoms with E-state index < -0.39 is 23.7 Å². The molecule has 1 aromatic rings. The van der Waals surface area contributed by atoms with Gasteiger partial charge in [0.1, 0.15) is 0 Å². The van der Waals surface area contributed by atoms with Crippen LogP contribution in [0.4, 0.5) is 5.69 Å². The van der Waals surface area contributed by atoms with Crippen molar-refractivity contribution in [3.8, 4) is 0 Å². The highest BCUT2D eigenvalue weighted by atomic mass is 16.7. The van der Waals surface area contributed by atoms with Crippen molar-refractivity contribution >= 4 is 30.1 Å². The Morgan fingerprint density at radius 3 is 2.13 bits per heavy atom. The summed E-state index contributed by atoms with van der Waals surface area (Å²) in [5, 5.41) is 0. The molecule has 0 unspecified atom stereocenters. The predicted octanol–water partition coefficient (Wildman–Crippen LogP) is 3.48. The van der Waals surface area contributed by atoms with E-state index in [-0.39, 0.29) is 17.9 Å².